The Morgan fingerprint density at radius 3 is 1.93 bits per heavy atom. The van der Waals surface area contributed by atoms with E-state index in [4.69, 9.17) is 0 Å². The van der Waals surface area contributed by atoms with Crippen molar-refractivity contribution in [1.82, 2.24) is 0 Å². The van der Waals surface area contributed by atoms with Crippen LogP contribution in [0.1, 0.15) is 50.3 Å². The minimum absolute atomic E-state index is 0.393. The maximum absolute atomic E-state index is 9.59. The molecule has 0 radical (unpaired) electrons. The molecule has 0 spiro atoms. The zero-order valence-corrected chi connectivity index (χ0v) is 10.2. The molecule has 0 bridgehead atoms. The van der Waals surface area contributed by atoms with Crippen LogP contribution in [0, 0.1) is 13.8 Å². The van der Waals surface area contributed by atoms with Gasteiger partial charge in [0.25, 0.3) is 0 Å². The van der Waals surface area contributed by atoms with Gasteiger partial charge in [-0.1, -0.05) is 33.8 Å². The van der Waals surface area contributed by atoms with Crippen molar-refractivity contribution >= 4 is 0 Å². The molecule has 80 valence electrons. The molecule has 1 aromatic rings. The minimum Gasteiger partial charge on any atom is -0.508 e. The molecule has 0 saturated heterocycles. The van der Waals surface area contributed by atoms with Gasteiger partial charge < -0.3 is 5.11 Å². The standard InChI is InChI=1S/C11H16O.C2H6/c1-7(2)11-9(4)8(3)5-6-10(11)12;1-2/h5-7,12H,1-4H3;1-2H3. The Balaban J connectivity index is 0.000000791. The van der Waals surface area contributed by atoms with Gasteiger partial charge in [-0.05, 0) is 42.5 Å². The third kappa shape index (κ3) is 2.76. The first-order valence-electron chi connectivity index (χ1n) is 5.33. The highest BCUT2D eigenvalue weighted by Crippen LogP contribution is 2.30. The first kappa shape index (κ1) is 13.0. The van der Waals surface area contributed by atoms with Crippen LogP contribution in [-0.2, 0) is 0 Å². The van der Waals surface area contributed by atoms with Crippen LogP contribution in [0.15, 0.2) is 12.1 Å². The molecule has 1 rings (SSSR count). The van der Waals surface area contributed by atoms with Crippen LogP contribution >= 0.6 is 0 Å². The highest BCUT2D eigenvalue weighted by atomic mass is 16.3. The number of hydrogen-bond donors (Lipinski definition) is 1. The van der Waals surface area contributed by atoms with E-state index in [2.05, 4.69) is 27.7 Å². The third-order valence-electron chi connectivity index (χ3n) is 2.34. The number of phenols is 1. The summed E-state index contributed by atoms with van der Waals surface area (Å²) < 4.78 is 0. The lowest BCUT2D eigenvalue weighted by molar-refractivity contribution is 0.464. The van der Waals surface area contributed by atoms with E-state index in [1.807, 2.05) is 19.9 Å². The lowest BCUT2D eigenvalue weighted by Gasteiger charge is -2.13. The van der Waals surface area contributed by atoms with Crippen LogP contribution in [-0.4, -0.2) is 5.11 Å². The lowest BCUT2D eigenvalue weighted by atomic mass is 9.94. The van der Waals surface area contributed by atoms with E-state index in [0.29, 0.717) is 11.7 Å². The van der Waals surface area contributed by atoms with Gasteiger partial charge in [0, 0.05) is 0 Å². The molecule has 1 aromatic carbocycles. The molecular formula is C13H22O. The summed E-state index contributed by atoms with van der Waals surface area (Å²) in [5, 5.41) is 9.59. The summed E-state index contributed by atoms with van der Waals surface area (Å²) in [5.74, 6) is 0.818. The normalized spacial score (nSPS) is 9.64. The molecule has 0 fully saturated rings. The van der Waals surface area contributed by atoms with Crippen molar-refractivity contribution in [3.63, 3.8) is 0 Å². The maximum Gasteiger partial charge on any atom is 0.119 e. The smallest absolute Gasteiger partial charge is 0.119 e. The Labute approximate surface area is 87.8 Å². The molecule has 1 heteroatoms. The van der Waals surface area contributed by atoms with Gasteiger partial charge in [0.1, 0.15) is 5.75 Å². The second kappa shape index (κ2) is 5.69. The van der Waals surface area contributed by atoms with Gasteiger partial charge in [0.15, 0.2) is 0 Å². The van der Waals surface area contributed by atoms with Crippen LogP contribution in [0.2, 0.25) is 0 Å². The second-order valence-corrected chi connectivity index (χ2v) is 3.59. The third-order valence-corrected chi connectivity index (χ3v) is 2.34. The molecule has 0 unspecified atom stereocenters. The number of rotatable bonds is 1. The second-order valence-electron chi connectivity index (χ2n) is 3.59. The number of aryl methyl sites for hydroxylation is 1. The number of aromatic hydroxyl groups is 1. The monoisotopic (exact) mass is 194 g/mol. The van der Waals surface area contributed by atoms with E-state index in [0.717, 1.165) is 5.56 Å². The minimum atomic E-state index is 0.393. The SMILES string of the molecule is CC.Cc1ccc(O)c(C(C)C)c1C. The van der Waals surface area contributed by atoms with E-state index < -0.39 is 0 Å². The topological polar surface area (TPSA) is 20.2 Å². The lowest BCUT2D eigenvalue weighted by Crippen LogP contribution is -1.94. The van der Waals surface area contributed by atoms with E-state index >= 15 is 0 Å². The van der Waals surface area contributed by atoms with E-state index in [-0.39, 0.29) is 0 Å². The van der Waals surface area contributed by atoms with E-state index in [1.54, 1.807) is 6.07 Å². The fourth-order valence-corrected chi connectivity index (χ4v) is 1.55. The van der Waals surface area contributed by atoms with Crippen LogP contribution in [0.25, 0.3) is 0 Å². The zero-order valence-electron chi connectivity index (χ0n) is 10.2. The molecule has 1 N–H and O–H groups in total. The summed E-state index contributed by atoms with van der Waals surface area (Å²) >= 11 is 0. The van der Waals surface area contributed by atoms with Gasteiger partial charge in [-0.25, -0.2) is 0 Å². The predicted octanol–water partition coefficient (Wildman–Crippen LogP) is 4.16. The summed E-state index contributed by atoms with van der Waals surface area (Å²) in [4.78, 5) is 0. The first-order chi connectivity index (χ1) is 6.54. The van der Waals surface area contributed by atoms with Crippen LogP contribution in [0.5, 0.6) is 5.75 Å². The molecule has 14 heavy (non-hydrogen) atoms. The Morgan fingerprint density at radius 1 is 1.07 bits per heavy atom. The van der Waals surface area contributed by atoms with Crippen molar-refractivity contribution in [3.05, 3.63) is 28.8 Å². The first-order valence-corrected chi connectivity index (χ1v) is 5.33. The molecule has 0 saturated carbocycles. The van der Waals surface area contributed by atoms with Gasteiger partial charge in [-0.3, -0.25) is 0 Å². The fourth-order valence-electron chi connectivity index (χ4n) is 1.55. The van der Waals surface area contributed by atoms with E-state index in [1.165, 1.54) is 11.1 Å². The molecule has 0 aromatic heterocycles. The Hall–Kier alpha value is -0.980. The predicted molar refractivity (Wildman–Crippen MR) is 63.0 cm³/mol. The molecular weight excluding hydrogens is 172 g/mol. The van der Waals surface area contributed by atoms with Crippen molar-refractivity contribution in [1.29, 1.82) is 0 Å². The van der Waals surface area contributed by atoms with Gasteiger partial charge >= 0.3 is 0 Å². The molecule has 0 aliphatic heterocycles. The summed E-state index contributed by atoms with van der Waals surface area (Å²) in [7, 11) is 0. The Bertz CT molecular complexity index is 288. The summed E-state index contributed by atoms with van der Waals surface area (Å²) in [6, 6.07) is 3.73. The highest BCUT2D eigenvalue weighted by Gasteiger charge is 2.09. The van der Waals surface area contributed by atoms with Crippen LogP contribution in [0.4, 0.5) is 0 Å². The van der Waals surface area contributed by atoms with Gasteiger partial charge in [0.2, 0.25) is 0 Å². The van der Waals surface area contributed by atoms with Crippen LogP contribution in [0.3, 0.4) is 0 Å². The molecule has 0 atom stereocenters. The molecule has 0 heterocycles. The average molecular weight is 194 g/mol. The highest BCUT2D eigenvalue weighted by molar-refractivity contribution is 5.44. The molecule has 0 amide bonds. The Morgan fingerprint density at radius 2 is 1.57 bits per heavy atom. The summed E-state index contributed by atoms with van der Waals surface area (Å²) in [5.41, 5.74) is 3.54. The molecule has 0 aliphatic carbocycles. The quantitative estimate of drug-likeness (QED) is 0.711. The maximum atomic E-state index is 9.59. The van der Waals surface area contributed by atoms with Gasteiger partial charge in [-0.15, -0.1) is 0 Å². The van der Waals surface area contributed by atoms with Gasteiger partial charge in [-0.2, -0.15) is 0 Å². The fraction of sp³-hybridized carbons (Fsp3) is 0.538. The molecule has 0 aliphatic rings. The number of benzene rings is 1. The van der Waals surface area contributed by atoms with Crippen molar-refractivity contribution in [2.75, 3.05) is 0 Å². The van der Waals surface area contributed by atoms with Crippen LogP contribution < -0.4 is 0 Å². The molecule has 1 nitrogen and oxygen atoms in total. The number of phenolic OH excluding ortho intramolecular Hbond substituents is 1. The van der Waals surface area contributed by atoms with Crippen molar-refractivity contribution in [2.45, 2.75) is 47.5 Å². The summed E-state index contributed by atoms with van der Waals surface area (Å²) in [6.07, 6.45) is 0. The zero-order chi connectivity index (χ0) is 11.3. The van der Waals surface area contributed by atoms with Crippen molar-refractivity contribution < 1.29 is 5.11 Å². The van der Waals surface area contributed by atoms with E-state index in [9.17, 15) is 5.11 Å². The van der Waals surface area contributed by atoms with Gasteiger partial charge in [0.05, 0.1) is 0 Å². The largest absolute Gasteiger partial charge is 0.508 e. The average Bonchev–Trinajstić information content (AvgIpc) is 2.15. The Kier molecular flexibility index (Phi) is 5.29. The number of hydrogen-bond acceptors (Lipinski definition) is 1. The summed E-state index contributed by atoms with van der Waals surface area (Å²) in [6.45, 7) is 12.3. The van der Waals surface area contributed by atoms with Crippen molar-refractivity contribution in [3.8, 4) is 5.75 Å². The van der Waals surface area contributed by atoms with Crippen molar-refractivity contribution in [2.24, 2.45) is 0 Å².